The Balaban J connectivity index is 1.65. The number of carbonyl (C=O) groups is 1. The lowest BCUT2D eigenvalue weighted by Crippen LogP contribution is -2.29. The van der Waals surface area contributed by atoms with Crippen molar-refractivity contribution in [2.75, 3.05) is 0 Å². The van der Waals surface area contributed by atoms with Crippen molar-refractivity contribution in [1.29, 1.82) is 0 Å². The van der Waals surface area contributed by atoms with Gasteiger partial charge >= 0.3 is 0 Å². The molecule has 174 valence electrons. The van der Waals surface area contributed by atoms with Gasteiger partial charge in [0.2, 0.25) is 0 Å². The van der Waals surface area contributed by atoms with Crippen molar-refractivity contribution < 1.29 is 4.79 Å². The topological polar surface area (TPSA) is 119 Å². The standard InChI is InChI=1S/C22H22ClN9OS/c1-4-14(20-25-11-27-29-20)28-22(33)13-7-15(32-16(12(2)3)9-26-30-32)21-24-8-17(31(21)10-13)18-5-6-19(23)34-18/h5-12,14H,4H2,1-3H3,(H,28,33)(H,25,27,29)/t14-/m0/s1. The molecule has 0 aromatic carbocycles. The molecule has 0 saturated heterocycles. The highest BCUT2D eigenvalue weighted by atomic mass is 35.5. The number of aromatic nitrogens is 8. The number of pyridine rings is 1. The maximum absolute atomic E-state index is 13.4. The van der Waals surface area contributed by atoms with E-state index in [9.17, 15) is 4.79 Å². The number of amides is 1. The predicted molar refractivity (Wildman–Crippen MR) is 129 cm³/mol. The first-order chi connectivity index (χ1) is 16.5. The molecular formula is C22H22ClN9OS. The van der Waals surface area contributed by atoms with Gasteiger partial charge in [-0.2, -0.15) is 5.10 Å². The second-order valence-corrected chi connectivity index (χ2v) is 9.80. The van der Waals surface area contributed by atoms with E-state index in [-0.39, 0.29) is 17.9 Å². The number of aromatic amines is 1. The van der Waals surface area contributed by atoms with Crippen LogP contribution in [-0.4, -0.2) is 45.5 Å². The quantitative estimate of drug-likeness (QED) is 0.345. The van der Waals surface area contributed by atoms with E-state index >= 15 is 0 Å². The van der Waals surface area contributed by atoms with Gasteiger partial charge in [-0.25, -0.2) is 14.6 Å². The first-order valence-electron chi connectivity index (χ1n) is 10.8. The molecule has 1 atom stereocenters. The number of rotatable bonds is 7. The number of nitrogens with one attached hydrogen (secondary N) is 2. The third-order valence-corrected chi connectivity index (χ3v) is 6.80. The zero-order chi connectivity index (χ0) is 23.8. The van der Waals surface area contributed by atoms with Gasteiger partial charge in [0.1, 0.15) is 17.8 Å². The summed E-state index contributed by atoms with van der Waals surface area (Å²) in [6, 6.07) is 5.27. The molecule has 0 unspecified atom stereocenters. The van der Waals surface area contributed by atoms with Crippen LogP contribution in [0.3, 0.4) is 0 Å². The Hall–Kier alpha value is -3.57. The maximum Gasteiger partial charge on any atom is 0.253 e. The van der Waals surface area contributed by atoms with Crippen LogP contribution in [0.1, 0.15) is 61.0 Å². The van der Waals surface area contributed by atoms with Crippen LogP contribution >= 0.6 is 22.9 Å². The Labute approximate surface area is 204 Å². The van der Waals surface area contributed by atoms with Crippen molar-refractivity contribution in [3.8, 4) is 16.3 Å². The van der Waals surface area contributed by atoms with Crippen molar-refractivity contribution in [2.24, 2.45) is 0 Å². The Morgan fingerprint density at radius 2 is 2.12 bits per heavy atom. The van der Waals surface area contributed by atoms with Gasteiger partial charge in [0, 0.05) is 6.20 Å². The van der Waals surface area contributed by atoms with Crippen LogP contribution in [0, 0.1) is 0 Å². The van der Waals surface area contributed by atoms with Gasteiger partial charge in [-0.3, -0.25) is 14.3 Å². The normalized spacial score (nSPS) is 12.5. The van der Waals surface area contributed by atoms with Crippen molar-refractivity contribution in [3.63, 3.8) is 0 Å². The summed E-state index contributed by atoms with van der Waals surface area (Å²) in [6.07, 6.45) is 7.37. The molecule has 0 radical (unpaired) electrons. The zero-order valence-electron chi connectivity index (χ0n) is 18.7. The first-order valence-corrected chi connectivity index (χ1v) is 12.0. The Morgan fingerprint density at radius 1 is 1.26 bits per heavy atom. The fourth-order valence-corrected chi connectivity index (χ4v) is 4.85. The van der Waals surface area contributed by atoms with E-state index in [0.29, 0.717) is 33.5 Å². The molecule has 5 aromatic rings. The number of imidazole rings is 1. The van der Waals surface area contributed by atoms with Crippen molar-refractivity contribution in [2.45, 2.75) is 39.2 Å². The van der Waals surface area contributed by atoms with E-state index in [1.807, 2.05) is 23.5 Å². The predicted octanol–water partition coefficient (Wildman–Crippen LogP) is 4.42. The minimum absolute atomic E-state index is 0.175. The molecular weight excluding hydrogens is 474 g/mol. The number of fused-ring (bicyclic) bond motifs is 1. The molecule has 12 heteroatoms. The molecule has 5 rings (SSSR count). The number of thiophene rings is 1. The molecule has 0 aliphatic rings. The summed E-state index contributed by atoms with van der Waals surface area (Å²) in [7, 11) is 0. The van der Waals surface area contributed by atoms with E-state index in [0.717, 1.165) is 16.3 Å². The fraction of sp³-hybridized carbons (Fsp3) is 0.273. The number of nitrogens with zero attached hydrogens (tertiary/aromatic N) is 7. The summed E-state index contributed by atoms with van der Waals surface area (Å²) < 4.78 is 4.31. The lowest BCUT2D eigenvalue weighted by atomic mass is 10.1. The van der Waals surface area contributed by atoms with Crippen molar-refractivity contribution in [1.82, 2.24) is 44.9 Å². The average molecular weight is 496 g/mol. The smallest absolute Gasteiger partial charge is 0.253 e. The van der Waals surface area contributed by atoms with Crippen LogP contribution in [0.2, 0.25) is 4.34 Å². The molecule has 0 saturated carbocycles. The van der Waals surface area contributed by atoms with E-state index in [4.69, 9.17) is 11.6 Å². The zero-order valence-corrected chi connectivity index (χ0v) is 20.3. The Morgan fingerprint density at radius 3 is 2.79 bits per heavy atom. The van der Waals surface area contributed by atoms with Gasteiger partial charge < -0.3 is 5.32 Å². The van der Waals surface area contributed by atoms with Crippen LogP contribution in [0.15, 0.2) is 43.1 Å². The summed E-state index contributed by atoms with van der Waals surface area (Å²) in [5, 5.41) is 18.2. The van der Waals surface area contributed by atoms with Gasteiger partial charge in [0.25, 0.3) is 5.91 Å². The minimum atomic E-state index is -0.301. The second-order valence-electron chi connectivity index (χ2n) is 8.09. The third kappa shape index (κ3) is 3.97. The number of carbonyl (C=O) groups excluding carboxylic acids is 1. The maximum atomic E-state index is 13.4. The number of hydrogen-bond donors (Lipinski definition) is 2. The van der Waals surface area contributed by atoms with Gasteiger partial charge in [0.15, 0.2) is 5.65 Å². The van der Waals surface area contributed by atoms with Crippen LogP contribution in [0.4, 0.5) is 0 Å². The summed E-state index contributed by atoms with van der Waals surface area (Å²) in [5.41, 5.74) is 3.52. The summed E-state index contributed by atoms with van der Waals surface area (Å²) in [5.74, 6) is 0.530. The Bertz CT molecular complexity index is 1450. The van der Waals surface area contributed by atoms with Crippen molar-refractivity contribution >= 4 is 34.5 Å². The molecule has 5 heterocycles. The molecule has 2 N–H and O–H groups in total. The van der Waals surface area contributed by atoms with Gasteiger partial charge in [-0.15, -0.1) is 16.4 Å². The van der Waals surface area contributed by atoms with Gasteiger partial charge in [-0.05, 0) is 30.5 Å². The number of hydrogen-bond acceptors (Lipinski definition) is 7. The van der Waals surface area contributed by atoms with E-state index in [1.165, 1.54) is 17.7 Å². The number of H-pyrrole nitrogens is 1. The highest BCUT2D eigenvalue weighted by Gasteiger charge is 2.22. The monoisotopic (exact) mass is 495 g/mol. The fourth-order valence-electron chi connectivity index (χ4n) is 3.80. The lowest BCUT2D eigenvalue weighted by molar-refractivity contribution is 0.0933. The molecule has 0 aliphatic carbocycles. The third-order valence-electron chi connectivity index (χ3n) is 5.55. The summed E-state index contributed by atoms with van der Waals surface area (Å²) in [6.45, 7) is 6.11. The Kier molecular flexibility index (Phi) is 5.88. The van der Waals surface area contributed by atoms with Crippen LogP contribution in [0.5, 0.6) is 0 Å². The van der Waals surface area contributed by atoms with E-state index < -0.39 is 0 Å². The summed E-state index contributed by atoms with van der Waals surface area (Å²) in [4.78, 5) is 23.2. The summed E-state index contributed by atoms with van der Waals surface area (Å²) >= 11 is 7.64. The largest absolute Gasteiger partial charge is 0.342 e. The molecule has 5 aromatic heterocycles. The van der Waals surface area contributed by atoms with Crippen molar-refractivity contribution in [3.05, 3.63) is 64.5 Å². The highest BCUT2D eigenvalue weighted by molar-refractivity contribution is 7.19. The molecule has 34 heavy (non-hydrogen) atoms. The number of halogens is 1. The average Bonchev–Trinajstić information content (AvgIpc) is 3.62. The van der Waals surface area contributed by atoms with Gasteiger partial charge in [-0.1, -0.05) is 37.6 Å². The lowest BCUT2D eigenvalue weighted by Gasteiger charge is -2.16. The highest BCUT2D eigenvalue weighted by Crippen LogP contribution is 2.33. The second kappa shape index (κ2) is 8.99. The van der Waals surface area contributed by atoms with Crippen LogP contribution in [-0.2, 0) is 0 Å². The molecule has 0 spiro atoms. The van der Waals surface area contributed by atoms with E-state index in [2.05, 4.69) is 49.6 Å². The van der Waals surface area contributed by atoms with Crippen LogP contribution in [0.25, 0.3) is 21.9 Å². The van der Waals surface area contributed by atoms with E-state index in [1.54, 1.807) is 29.3 Å². The molecule has 10 nitrogen and oxygen atoms in total. The first kappa shape index (κ1) is 22.2. The SMILES string of the molecule is CC[C@H](NC(=O)c1cc(-n2nncc2C(C)C)c2ncc(-c3ccc(Cl)s3)n2c1)c1ncn[nH]1. The van der Waals surface area contributed by atoms with Gasteiger partial charge in [0.05, 0.1) is 44.6 Å². The minimum Gasteiger partial charge on any atom is -0.342 e. The molecule has 0 bridgehead atoms. The molecule has 1 amide bonds. The van der Waals surface area contributed by atoms with Crippen LogP contribution < -0.4 is 5.32 Å². The molecule has 0 aliphatic heterocycles. The molecule has 0 fully saturated rings.